The van der Waals surface area contributed by atoms with Crippen LogP contribution in [0.1, 0.15) is 117 Å². The number of rotatable bonds is 6. The van der Waals surface area contributed by atoms with Crippen molar-refractivity contribution in [3.63, 3.8) is 0 Å². The van der Waals surface area contributed by atoms with E-state index in [1.807, 2.05) is 91.0 Å². The summed E-state index contributed by atoms with van der Waals surface area (Å²) in [7, 11) is 0. The third-order valence-corrected chi connectivity index (χ3v) is 26.0. The van der Waals surface area contributed by atoms with Crippen LogP contribution in [0.3, 0.4) is 0 Å². The zero-order valence-electron chi connectivity index (χ0n) is 71.3. The van der Waals surface area contributed by atoms with Crippen molar-refractivity contribution < 1.29 is 0 Å². The minimum atomic E-state index is 0.629. The fourth-order valence-electron chi connectivity index (χ4n) is 19.9. The van der Waals surface area contributed by atoms with Gasteiger partial charge >= 0.3 is 0 Å². The van der Waals surface area contributed by atoms with Gasteiger partial charge in [0.05, 0.1) is 43.0 Å². The van der Waals surface area contributed by atoms with Crippen molar-refractivity contribution in [2.45, 2.75) is 6.92 Å². The highest BCUT2D eigenvalue weighted by molar-refractivity contribution is 6.20. The SMILES string of the molecule is [C-]#[N+]c1cccc(-c2ccc3c(c2)-c2cc(-c4cccc(C)c4)ccc2C3=C2c3ccccc3C=Cc3ccccc32)c1.[C-]#[N+]c1cccc(-c2ccc3c(c2)C(=C2c4ccccc4-c4ccccc42)c2cc(-c4cccc(C#N)c4)ccc2C=C3)c1.[C-]#[N+]c1cccc(-c2ccc3c(c2)C(=C2c4ccccc4C=Cc4ccccc42)c2cc(-c4cccc(C#N)c4)ccc2-3)c1. The monoisotopic (exact) mass is 1660 g/mol. The van der Waals surface area contributed by atoms with Crippen LogP contribution in [0, 0.1) is 49.3 Å². The van der Waals surface area contributed by atoms with Gasteiger partial charge in [0, 0.05) is 0 Å². The van der Waals surface area contributed by atoms with E-state index in [1.165, 1.54) is 161 Å². The maximum absolute atomic E-state index is 9.59. The number of nitrogens with zero attached hydrogens (tertiary/aromatic N) is 5. The molecule has 0 spiro atoms. The van der Waals surface area contributed by atoms with Gasteiger partial charge in [0.1, 0.15) is 0 Å². The first-order chi connectivity index (χ1) is 64.6. The highest BCUT2D eigenvalue weighted by Crippen LogP contribution is 2.57. The summed E-state index contributed by atoms with van der Waals surface area (Å²) in [5, 5.41) is 19.2. The van der Waals surface area contributed by atoms with Gasteiger partial charge in [0.25, 0.3) is 0 Å². The zero-order valence-corrected chi connectivity index (χ0v) is 71.3. The molecule has 604 valence electrons. The fourth-order valence-corrected chi connectivity index (χ4v) is 19.9. The van der Waals surface area contributed by atoms with Gasteiger partial charge in [-0.2, -0.15) is 10.5 Å². The molecule has 0 aliphatic heterocycles. The first kappa shape index (κ1) is 78.8. The molecule has 0 N–H and O–H groups in total. The molecule has 6 aliphatic rings. The summed E-state index contributed by atoms with van der Waals surface area (Å²) in [5.41, 5.74) is 53.7. The average Bonchev–Trinajstić information content (AvgIpc) is 1.58. The highest BCUT2D eigenvalue weighted by atomic mass is 14.6. The molecule has 0 saturated carbocycles. The molecule has 0 heterocycles. The molecule has 0 atom stereocenters. The number of benzene rings is 18. The van der Waals surface area contributed by atoms with Crippen LogP contribution in [-0.4, -0.2) is 0 Å². The summed E-state index contributed by atoms with van der Waals surface area (Å²) in [4.78, 5) is 11.0. The Labute approximate surface area is 762 Å². The molecule has 0 saturated heterocycles. The Kier molecular flexibility index (Phi) is 20.1. The lowest BCUT2D eigenvalue weighted by molar-refractivity contribution is 1.46. The lowest BCUT2D eigenvalue weighted by Crippen LogP contribution is -1.99. The Balaban J connectivity index is 0.000000115. The molecule has 0 unspecified atom stereocenters. The van der Waals surface area contributed by atoms with Crippen LogP contribution in [-0.2, 0) is 0 Å². The Bertz CT molecular complexity index is 7980. The zero-order chi connectivity index (χ0) is 88.2. The molecule has 24 rings (SSSR count). The van der Waals surface area contributed by atoms with Gasteiger partial charge in [-0.1, -0.05) is 364 Å². The molecule has 0 aromatic heterocycles. The predicted molar refractivity (Wildman–Crippen MR) is 542 cm³/mol. The molecule has 6 aliphatic carbocycles. The Hall–Kier alpha value is -18.2. The second-order valence-corrected chi connectivity index (χ2v) is 33.6. The van der Waals surface area contributed by atoms with Crippen molar-refractivity contribution in [3.8, 4) is 112 Å². The maximum atomic E-state index is 9.59. The van der Waals surface area contributed by atoms with Crippen molar-refractivity contribution in [1.82, 2.24) is 0 Å². The van der Waals surface area contributed by atoms with Crippen LogP contribution in [0.25, 0.3) is 185 Å². The van der Waals surface area contributed by atoms with Crippen LogP contribution >= 0.6 is 0 Å². The van der Waals surface area contributed by atoms with Crippen molar-refractivity contribution in [3.05, 3.63) is 551 Å². The molecular formula is C126H75N5. The number of fused-ring (bicyclic) bond motifs is 15. The molecule has 0 amide bonds. The van der Waals surface area contributed by atoms with Crippen LogP contribution in [0.15, 0.2) is 400 Å². The van der Waals surface area contributed by atoms with E-state index >= 15 is 0 Å². The first-order valence-electron chi connectivity index (χ1n) is 43.8. The van der Waals surface area contributed by atoms with E-state index in [4.69, 9.17) is 19.7 Å². The van der Waals surface area contributed by atoms with Gasteiger partial charge < -0.3 is 0 Å². The number of hydrogen-bond donors (Lipinski definition) is 0. The summed E-state index contributed by atoms with van der Waals surface area (Å²) in [6, 6.07) is 145. The standard InChI is InChI=1S/2C42H24N2.C42H27N/c1-44-34-11-7-10-31(23-34)33-21-19-29-17-16-28-18-20-32(30-9-6-8-27(22-30)26-43)24-39(28)42(40(29)25-33)41-37-14-4-2-12-35(37)36-13-3-5-15-38(36)41;1-44-34-13-7-12-31(23-34)33-19-21-38-37-20-18-32(30-11-6-8-27(22-30)26-43)24-39(37)42(40(38)25-33)41-35-14-4-2-9-28(35)16-17-29-10-3-5-15-36(29)41;1-27-9-7-12-30(23-27)32-19-21-37-39(25-32)40-26-33(31-13-8-14-34(24-31)43-2)20-22-38(40)42(37)41-35-15-5-3-10-28(35)17-18-29-11-4-6-16-36(29)41/h2*2-25H;3-26H,1H3. The van der Waals surface area contributed by atoms with E-state index in [2.05, 4.69) is 379 Å². The lowest BCUT2D eigenvalue weighted by atomic mass is 9.83. The van der Waals surface area contributed by atoms with E-state index in [0.29, 0.717) is 28.2 Å². The summed E-state index contributed by atoms with van der Waals surface area (Å²) in [6.07, 6.45) is 13.3. The third-order valence-electron chi connectivity index (χ3n) is 26.0. The van der Waals surface area contributed by atoms with Crippen LogP contribution in [0.2, 0.25) is 0 Å². The minimum Gasteiger partial charge on any atom is -0.238 e. The smallest absolute Gasteiger partial charge is 0.187 e. The van der Waals surface area contributed by atoms with Gasteiger partial charge in [-0.05, 0) is 320 Å². The van der Waals surface area contributed by atoms with Gasteiger partial charge in [-0.15, -0.1) is 0 Å². The van der Waals surface area contributed by atoms with Gasteiger partial charge in [0.2, 0.25) is 0 Å². The Morgan fingerprint density at radius 2 is 0.405 bits per heavy atom. The molecule has 18 aromatic carbocycles. The van der Waals surface area contributed by atoms with E-state index < -0.39 is 0 Å². The topological polar surface area (TPSA) is 60.7 Å². The van der Waals surface area contributed by atoms with Crippen molar-refractivity contribution in [1.29, 1.82) is 10.5 Å². The van der Waals surface area contributed by atoms with E-state index in [9.17, 15) is 10.5 Å². The largest absolute Gasteiger partial charge is 0.238 e. The Morgan fingerprint density at radius 1 is 0.176 bits per heavy atom. The van der Waals surface area contributed by atoms with Crippen molar-refractivity contribution in [2.24, 2.45) is 0 Å². The van der Waals surface area contributed by atoms with Crippen LogP contribution in [0.5, 0.6) is 0 Å². The predicted octanol–water partition coefficient (Wildman–Crippen LogP) is 33.2. The average molecular weight is 1660 g/mol. The summed E-state index contributed by atoms with van der Waals surface area (Å²) >= 11 is 0. The maximum Gasteiger partial charge on any atom is 0.187 e. The molecule has 0 fully saturated rings. The molecular weight excluding hydrogens is 1580 g/mol. The summed E-state index contributed by atoms with van der Waals surface area (Å²) in [6.45, 7) is 24.8. The molecule has 131 heavy (non-hydrogen) atoms. The molecule has 5 heteroatoms. The molecule has 0 bridgehead atoms. The number of hydrogen-bond acceptors (Lipinski definition) is 2. The van der Waals surface area contributed by atoms with Gasteiger partial charge in [-0.25, -0.2) is 14.5 Å². The quantitative estimate of drug-likeness (QED) is 0.156. The first-order valence-corrected chi connectivity index (χ1v) is 43.8. The summed E-state index contributed by atoms with van der Waals surface area (Å²) in [5.74, 6) is 0. The van der Waals surface area contributed by atoms with Gasteiger partial charge in [-0.3, -0.25) is 0 Å². The van der Waals surface area contributed by atoms with Crippen LogP contribution in [0.4, 0.5) is 17.1 Å². The van der Waals surface area contributed by atoms with Crippen molar-refractivity contribution in [2.75, 3.05) is 0 Å². The number of nitriles is 2. The third kappa shape index (κ3) is 14.3. The lowest BCUT2D eigenvalue weighted by Gasteiger charge is -2.19. The fraction of sp³-hybridized carbons (Fsp3) is 0.00794. The van der Waals surface area contributed by atoms with E-state index in [0.717, 1.165) is 77.9 Å². The molecule has 5 nitrogen and oxygen atoms in total. The molecule has 18 aromatic rings. The second-order valence-electron chi connectivity index (χ2n) is 33.6. The van der Waals surface area contributed by atoms with E-state index in [-0.39, 0.29) is 0 Å². The minimum absolute atomic E-state index is 0.629. The van der Waals surface area contributed by atoms with Crippen LogP contribution < -0.4 is 0 Å². The molecule has 0 radical (unpaired) electrons. The van der Waals surface area contributed by atoms with E-state index in [1.54, 1.807) is 0 Å². The number of aryl methyl sites for hydroxylation is 1. The second kappa shape index (κ2) is 33.4. The highest BCUT2D eigenvalue weighted by Gasteiger charge is 2.35. The van der Waals surface area contributed by atoms with Gasteiger partial charge in [0.15, 0.2) is 17.1 Å². The van der Waals surface area contributed by atoms with Crippen molar-refractivity contribution >= 4 is 87.0 Å². The Morgan fingerprint density at radius 3 is 0.748 bits per heavy atom. The normalized spacial score (nSPS) is 12.4. The summed E-state index contributed by atoms with van der Waals surface area (Å²) < 4.78 is 0.